The van der Waals surface area contributed by atoms with Crippen LogP contribution in [0.5, 0.6) is 0 Å². The average molecular weight is 297 g/mol. The van der Waals surface area contributed by atoms with Crippen molar-refractivity contribution in [3.63, 3.8) is 0 Å². The summed E-state index contributed by atoms with van der Waals surface area (Å²) in [6, 6.07) is 2.63. The fraction of sp³-hybridized carbons (Fsp3) is 0.333. The van der Waals surface area contributed by atoms with Gasteiger partial charge in [0.1, 0.15) is 22.6 Å². The summed E-state index contributed by atoms with van der Waals surface area (Å²) in [5.41, 5.74) is 0.905. The highest BCUT2D eigenvalue weighted by Crippen LogP contribution is 2.32. The summed E-state index contributed by atoms with van der Waals surface area (Å²) in [5.74, 6) is -0.781. The van der Waals surface area contributed by atoms with E-state index < -0.39 is 11.6 Å². The van der Waals surface area contributed by atoms with Gasteiger partial charge in [0.25, 0.3) is 0 Å². The van der Waals surface area contributed by atoms with Crippen molar-refractivity contribution in [1.29, 1.82) is 0 Å². The number of aromatic nitrogens is 2. The molecule has 2 rings (SSSR count). The van der Waals surface area contributed by atoms with E-state index in [1.54, 1.807) is 13.8 Å². The second-order valence-corrected chi connectivity index (χ2v) is 5.41. The van der Waals surface area contributed by atoms with Crippen LogP contribution in [0.1, 0.15) is 36.7 Å². The highest BCUT2D eigenvalue weighted by atomic mass is 35.5. The van der Waals surface area contributed by atoms with Gasteiger partial charge in [-0.15, -0.1) is 0 Å². The zero-order chi connectivity index (χ0) is 15.0. The number of hydrogen-bond acceptors (Lipinski definition) is 2. The van der Waals surface area contributed by atoms with Crippen molar-refractivity contribution in [1.82, 2.24) is 9.97 Å². The van der Waals surface area contributed by atoms with Gasteiger partial charge >= 0.3 is 0 Å². The molecule has 0 amide bonds. The monoisotopic (exact) mass is 296 g/mol. The molecular formula is C15H15ClF2N2. The molecule has 5 heteroatoms. The predicted octanol–water partition coefficient (Wildman–Crippen LogP) is 4.82. The molecule has 0 bridgehead atoms. The van der Waals surface area contributed by atoms with Crippen LogP contribution in [0.4, 0.5) is 8.78 Å². The van der Waals surface area contributed by atoms with Gasteiger partial charge in [0.05, 0.1) is 11.3 Å². The number of nitrogens with zero attached hydrogens (tertiary/aromatic N) is 2. The first-order chi connectivity index (χ1) is 9.32. The van der Waals surface area contributed by atoms with Crippen molar-refractivity contribution in [2.45, 2.75) is 33.6 Å². The summed E-state index contributed by atoms with van der Waals surface area (Å²) in [4.78, 5) is 8.44. The number of hydrogen-bond donors (Lipinski definition) is 0. The topological polar surface area (TPSA) is 25.8 Å². The normalized spacial score (nSPS) is 11.2. The molecule has 2 nitrogen and oxygen atoms in total. The average Bonchev–Trinajstić information content (AvgIpc) is 2.38. The number of rotatable bonds is 2. The molecule has 1 heterocycles. The minimum absolute atomic E-state index is 0.0165. The molecule has 0 aliphatic heterocycles. The number of halogens is 3. The van der Waals surface area contributed by atoms with Crippen molar-refractivity contribution in [2.24, 2.45) is 0 Å². The van der Waals surface area contributed by atoms with Crippen molar-refractivity contribution < 1.29 is 8.78 Å². The molecule has 0 N–H and O–H groups in total. The lowest BCUT2D eigenvalue weighted by atomic mass is 10.0. The minimum atomic E-state index is -0.652. The first-order valence-corrected chi connectivity index (χ1v) is 6.69. The summed E-state index contributed by atoms with van der Waals surface area (Å²) in [6.07, 6.45) is 0. The van der Waals surface area contributed by atoms with Gasteiger partial charge in [-0.25, -0.2) is 18.7 Å². The van der Waals surface area contributed by atoms with Crippen LogP contribution in [0.15, 0.2) is 12.1 Å². The van der Waals surface area contributed by atoms with Gasteiger partial charge in [-0.05, 0) is 25.5 Å². The van der Waals surface area contributed by atoms with E-state index in [0.717, 1.165) is 0 Å². The van der Waals surface area contributed by atoms with Crippen LogP contribution in [0.3, 0.4) is 0 Å². The van der Waals surface area contributed by atoms with Crippen molar-refractivity contribution >= 4 is 11.6 Å². The third-order valence-corrected chi connectivity index (χ3v) is 3.51. The first kappa shape index (κ1) is 14.9. The molecule has 0 fully saturated rings. The standard InChI is InChI=1S/C15H15ClF2N2/c1-7(2)15-19-13(9(4)14(16)20-15)11-10(17)6-5-8(3)12(11)18/h5-7H,1-4H3. The second-order valence-electron chi connectivity index (χ2n) is 5.05. The second kappa shape index (κ2) is 5.44. The quantitative estimate of drug-likeness (QED) is 0.743. The lowest BCUT2D eigenvalue weighted by Gasteiger charge is -2.13. The van der Waals surface area contributed by atoms with Gasteiger partial charge in [0.2, 0.25) is 0 Å². The molecule has 0 atom stereocenters. The highest BCUT2D eigenvalue weighted by Gasteiger charge is 2.20. The Balaban J connectivity index is 2.79. The molecule has 0 saturated carbocycles. The van der Waals surface area contributed by atoms with E-state index in [2.05, 4.69) is 9.97 Å². The zero-order valence-electron chi connectivity index (χ0n) is 11.8. The molecule has 20 heavy (non-hydrogen) atoms. The minimum Gasteiger partial charge on any atom is -0.232 e. The lowest BCUT2D eigenvalue weighted by molar-refractivity contribution is 0.582. The van der Waals surface area contributed by atoms with Crippen LogP contribution >= 0.6 is 11.6 Å². The van der Waals surface area contributed by atoms with Crippen LogP contribution in [0.25, 0.3) is 11.3 Å². The highest BCUT2D eigenvalue weighted by molar-refractivity contribution is 6.30. The maximum Gasteiger partial charge on any atom is 0.138 e. The van der Waals surface area contributed by atoms with E-state index in [1.807, 2.05) is 13.8 Å². The van der Waals surface area contributed by atoms with E-state index >= 15 is 0 Å². The molecule has 0 unspecified atom stereocenters. The van der Waals surface area contributed by atoms with Crippen molar-refractivity contribution in [3.8, 4) is 11.3 Å². The van der Waals surface area contributed by atoms with E-state index in [-0.39, 0.29) is 22.3 Å². The molecule has 106 valence electrons. The zero-order valence-corrected chi connectivity index (χ0v) is 12.5. The predicted molar refractivity (Wildman–Crippen MR) is 76.0 cm³/mol. The van der Waals surface area contributed by atoms with Crippen molar-refractivity contribution in [2.75, 3.05) is 0 Å². The molecule has 0 radical (unpaired) electrons. The van der Waals surface area contributed by atoms with Crippen molar-refractivity contribution in [3.05, 3.63) is 45.9 Å². The van der Waals surface area contributed by atoms with E-state index in [1.165, 1.54) is 12.1 Å². The Morgan fingerprint density at radius 3 is 2.35 bits per heavy atom. The number of aryl methyl sites for hydroxylation is 1. The summed E-state index contributed by atoms with van der Waals surface area (Å²) >= 11 is 6.06. The van der Waals surface area contributed by atoms with Gasteiger partial charge < -0.3 is 0 Å². The molecule has 0 saturated heterocycles. The van der Waals surface area contributed by atoms with Gasteiger partial charge in [0.15, 0.2) is 0 Å². The smallest absolute Gasteiger partial charge is 0.138 e. The van der Waals surface area contributed by atoms with E-state index in [9.17, 15) is 8.78 Å². The largest absolute Gasteiger partial charge is 0.232 e. The Morgan fingerprint density at radius 1 is 1.10 bits per heavy atom. The summed E-state index contributed by atoms with van der Waals surface area (Å²) < 4.78 is 28.3. The fourth-order valence-electron chi connectivity index (χ4n) is 1.88. The molecular weight excluding hydrogens is 282 g/mol. The van der Waals surface area contributed by atoms with E-state index in [0.29, 0.717) is 17.0 Å². The van der Waals surface area contributed by atoms with Crippen LogP contribution in [-0.4, -0.2) is 9.97 Å². The Hall–Kier alpha value is -1.55. The summed E-state index contributed by atoms with van der Waals surface area (Å²) in [5, 5.41) is 0.221. The Morgan fingerprint density at radius 2 is 1.75 bits per heavy atom. The maximum absolute atomic E-state index is 14.2. The molecule has 1 aromatic carbocycles. The van der Waals surface area contributed by atoms with Gasteiger partial charge in [-0.3, -0.25) is 0 Å². The van der Waals surface area contributed by atoms with Crippen LogP contribution < -0.4 is 0 Å². The first-order valence-electron chi connectivity index (χ1n) is 6.32. The number of benzene rings is 1. The molecule has 0 aliphatic carbocycles. The Bertz CT molecular complexity index is 669. The fourth-order valence-corrected chi connectivity index (χ4v) is 2.06. The Labute approximate surface area is 121 Å². The van der Waals surface area contributed by atoms with Gasteiger partial charge in [-0.1, -0.05) is 31.5 Å². The van der Waals surface area contributed by atoms with Gasteiger partial charge in [-0.2, -0.15) is 0 Å². The van der Waals surface area contributed by atoms with Crippen LogP contribution in [0, 0.1) is 25.5 Å². The third kappa shape index (κ3) is 2.52. The van der Waals surface area contributed by atoms with Crippen LogP contribution in [0.2, 0.25) is 5.15 Å². The van der Waals surface area contributed by atoms with Crippen LogP contribution in [-0.2, 0) is 0 Å². The maximum atomic E-state index is 14.2. The Kier molecular flexibility index (Phi) is 4.04. The van der Waals surface area contributed by atoms with Gasteiger partial charge in [0, 0.05) is 11.5 Å². The SMILES string of the molecule is Cc1ccc(F)c(-c2nc(C(C)C)nc(Cl)c2C)c1F. The third-order valence-electron chi connectivity index (χ3n) is 3.14. The molecule has 0 spiro atoms. The molecule has 0 aliphatic rings. The summed E-state index contributed by atoms with van der Waals surface area (Å²) in [7, 11) is 0. The molecule has 1 aromatic heterocycles. The molecule has 2 aromatic rings. The lowest BCUT2D eigenvalue weighted by Crippen LogP contribution is -2.05. The summed E-state index contributed by atoms with van der Waals surface area (Å²) in [6.45, 7) is 7.03. The van der Waals surface area contributed by atoms with E-state index in [4.69, 9.17) is 11.6 Å².